The highest BCUT2D eigenvalue weighted by Crippen LogP contribution is 2.33. The molecule has 34 heavy (non-hydrogen) atoms. The van der Waals surface area contributed by atoms with Crippen molar-refractivity contribution in [1.29, 1.82) is 0 Å². The molecule has 2 aromatic carbocycles. The minimum atomic E-state index is -0.154. The Labute approximate surface area is 211 Å². The number of carbonyl (C=O) groups excluding carboxylic acids is 1. The molecule has 7 nitrogen and oxygen atoms in total. The molecule has 0 saturated carbocycles. The number of methoxy groups -OCH3 is 1. The molecule has 1 N–H and O–H groups in total. The number of rotatable bonds is 8. The number of amides is 1. The molecule has 0 radical (unpaired) electrons. The molecule has 0 fully saturated rings. The van der Waals surface area contributed by atoms with Gasteiger partial charge in [-0.05, 0) is 56.2 Å². The predicted octanol–water partition coefficient (Wildman–Crippen LogP) is 6.10. The van der Waals surface area contributed by atoms with Crippen molar-refractivity contribution in [3.05, 3.63) is 57.9 Å². The van der Waals surface area contributed by atoms with Crippen molar-refractivity contribution in [3.63, 3.8) is 0 Å². The zero-order valence-electron chi connectivity index (χ0n) is 19.3. The summed E-state index contributed by atoms with van der Waals surface area (Å²) in [7, 11) is 1.60. The van der Waals surface area contributed by atoms with E-state index in [1.807, 2.05) is 22.9 Å². The van der Waals surface area contributed by atoms with Gasteiger partial charge in [0.25, 0.3) is 0 Å². The second-order valence-corrected chi connectivity index (χ2v) is 9.81. The van der Waals surface area contributed by atoms with Crippen molar-refractivity contribution in [3.8, 4) is 28.4 Å². The van der Waals surface area contributed by atoms with Gasteiger partial charge in [0.2, 0.25) is 5.91 Å². The number of thioether (sulfide) groups is 1. The first-order valence-electron chi connectivity index (χ1n) is 10.6. The monoisotopic (exact) mass is 513 g/mol. The van der Waals surface area contributed by atoms with Crippen LogP contribution in [0.15, 0.2) is 46.9 Å². The lowest BCUT2D eigenvalue weighted by Crippen LogP contribution is -2.14. The van der Waals surface area contributed by atoms with Crippen LogP contribution in [0.4, 0.5) is 5.13 Å². The number of carbonyl (C=O) groups is 1. The number of hydrogen-bond acceptors (Lipinski definition) is 7. The molecule has 10 heteroatoms. The number of halogens is 1. The summed E-state index contributed by atoms with van der Waals surface area (Å²) in [4.78, 5) is 17.2. The predicted molar refractivity (Wildman–Crippen MR) is 139 cm³/mol. The SMILES string of the molecule is CCn1c(SCC(=O)Nc2nc(-c3ccc(C)c(C)c3)cs2)nnc1-c1cc(Cl)ccc1OC. The normalized spacial score (nSPS) is 11.0. The maximum atomic E-state index is 12.6. The van der Waals surface area contributed by atoms with Gasteiger partial charge in [-0.25, -0.2) is 4.98 Å². The van der Waals surface area contributed by atoms with Gasteiger partial charge in [0.1, 0.15) is 5.75 Å². The summed E-state index contributed by atoms with van der Waals surface area (Å²) in [6, 6.07) is 11.6. The highest BCUT2D eigenvalue weighted by molar-refractivity contribution is 7.99. The molecular formula is C24H24ClN5O2S2. The quantitative estimate of drug-likeness (QED) is 0.287. The van der Waals surface area contributed by atoms with Crippen LogP contribution in [-0.2, 0) is 11.3 Å². The number of aryl methyl sites for hydroxylation is 2. The molecule has 0 saturated heterocycles. The van der Waals surface area contributed by atoms with Gasteiger partial charge >= 0.3 is 0 Å². The lowest BCUT2D eigenvalue weighted by molar-refractivity contribution is -0.113. The van der Waals surface area contributed by atoms with Crippen molar-refractivity contribution in [2.75, 3.05) is 18.2 Å². The Hall–Kier alpha value is -2.88. The Balaban J connectivity index is 1.44. The first-order chi connectivity index (χ1) is 16.4. The molecule has 2 heterocycles. The highest BCUT2D eigenvalue weighted by Gasteiger charge is 2.18. The van der Waals surface area contributed by atoms with Crippen LogP contribution in [0.5, 0.6) is 5.75 Å². The number of anilines is 1. The fourth-order valence-electron chi connectivity index (χ4n) is 3.38. The molecule has 0 spiro atoms. The Kier molecular flexibility index (Phi) is 7.55. The largest absolute Gasteiger partial charge is 0.496 e. The van der Waals surface area contributed by atoms with Crippen LogP contribution in [0.2, 0.25) is 5.02 Å². The summed E-state index contributed by atoms with van der Waals surface area (Å²) < 4.78 is 7.40. The fraction of sp³-hybridized carbons (Fsp3) is 0.250. The number of hydrogen-bond donors (Lipinski definition) is 1. The van der Waals surface area contributed by atoms with Crippen molar-refractivity contribution in [2.24, 2.45) is 0 Å². The Morgan fingerprint density at radius 2 is 2.00 bits per heavy atom. The summed E-state index contributed by atoms with van der Waals surface area (Å²) in [5.41, 5.74) is 5.09. The summed E-state index contributed by atoms with van der Waals surface area (Å²) in [6.45, 7) is 6.79. The Bertz CT molecular complexity index is 1330. The van der Waals surface area contributed by atoms with E-state index in [4.69, 9.17) is 16.3 Å². The van der Waals surface area contributed by atoms with Crippen LogP contribution < -0.4 is 10.1 Å². The van der Waals surface area contributed by atoms with Crippen molar-refractivity contribution in [1.82, 2.24) is 19.7 Å². The minimum Gasteiger partial charge on any atom is -0.496 e. The molecule has 0 bridgehead atoms. The van der Waals surface area contributed by atoms with E-state index in [1.165, 1.54) is 34.2 Å². The molecule has 4 aromatic rings. The first kappa shape index (κ1) is 24.3. The topological polar surface area (TPSA) is 81.9 Å². The van der Waals surface area contributed by atoms with E-state index in [2.05, 4.69) is 46.5 Å². The third kappa shape index (κ3) is 5.27. The van der Waals surface area contributed by atoms with E-state index in [1.54, 1.807) is 25.3 Å². The smallest absolute Gasteiger partial charge is 0.236 e. The van der Waals surface area contributed by atoms with Crippen LogP contribution >= 0.6 is 34.7 Å². The van der Waals surface area contributed by atoms with Gasteiger partial charge in [0.15, 0.2) is 16.1 Å². The molecule has 2 aromatic heterocycles. The molecule has 0 aliphatic carbocycles. The van der Waals surface area contributed by atoms with E-state index in [0.717, 1.165) is 16.8 Å². The maximum absolute atomic E-state index is 12.6. The van der Waals surface area contributed by atoms with Crippen LogP contribution in [0.1, 0.15) is 18.1 Å². The highest BCUT2D eigenvalue weighted by atomic mass is 35.5. The second kappa shape index (κ2) is 10.6. The zero-order chi connectivity index (χ0) is 24.2. The van der Waals surface area contributed by atoms with Gasteiger partial charge in [0, 0.05) is 22.5 Å². The summed E-state index contributed by atoms with van der Waals surface area (Å²) in [6.07, 6.45) is 0. The standard InChI is InChI=1S/C24H24ClN5O2S2/c1-5-30-22(18-11-17(25)8-9-20(18)32-4)28-29-24(30)34-13-21(31)27-23-26-19(12-33-23)16-7-6-14(2)15(3)10-16/h6-12H,5,13H2,1-4H3,(H,26,27,31). The van der Waals surface area contributed by atoms with Crippen molar-refractivity contribution < 1.29 is 9.53 Å². The maximum Gasteiger partial charge on any atom is 0.236 e. The van der Waals surface area contributed by atoms with E-state index in [9.17, 15) is 4.79 Å². The van der Waals surface area contributed by atoms with E-state index >= 15 is 0 Å². The molecule has 176 valence electrons. The van der Waals surface area contributed by atoms with Crippen molar-refractivity contribution in [2.45, 2.75) is 32.5 Å². The van der Waals surface area contributed by atoms with Gasteiger partial charge < -0.3 is 14.6 Å². The van der Waals surface area contributed by atoms with Gasteiger partial charge in [0.05, 0.1) is 24.1 Å². The number of thiazole rings is 1. The van der Waals surface area contributed by atoms with E-state index < -0.39 is 0 Å². The number of benzene rings is 2. The first-order valence-corrected chi connectivity index (χ1v) is 12.9. The molecule has 0 aliphatic rings. The Morgan fingerprint density at radius 1 is 1.18 bits per heavy atom. The molecular weight excluding hydrogens is 490 g/mol. The van der Waals surface area contributed by atoms with E-state index in [-0.39, 0.29) is 11.7 Å². The fourth-order valence-corrected chi connectivity index (χ4v) is 5.09. The second-order valence-electron chi connectivity index (χ2n) is 7.57. The van der Waals surface area contributed by atoms with E-state index in [0.29, 0.717) is 33.4 Å². The number of nitrogens with zero attached hydrogens (tertiary/aromatic N) is 4. The van der Waals surface area contributed by atoms with Crippen LogP contribution in [0, 0.1) is 13.8 Å². The summed E-state index contributed by atoms with van der Waals surface area (Å²) in [5, 5.41) is 15.2. The third-order valence-corrected chi connectivity index (χ3v) is 7.28. The van der Waals surface area contributed by atoms with Gasteiger partial charge in [-0.2, -0.15) is 0 Å². The van der Waals surface area contributed by atoms with Crippen LogP contribution in [-0.4, -0.2) is 38.5 Å². The average molecular weight is 514 g/mol. The van der Waals surface area contributed by atoms with Crippen LogP contribution in [0.3, 0.4) is 0 Å². The average Bonchev–Trinajstić information content (AvgIpc) is 3.46. The van der Waals surface area contributed by atoms with Crippen molar-refractivity contribution >= 4 is 45.7 Å². The summed E-state index contributed by atoms with van der Waals surface area (Å²) >= 11 is 8.91. The number of aromatic nitrogens is 4. The third-order valence-electron chi connectivity index (χ3n) is 5.32. The number of ether oxygens (including phenoxy) is 1. The zero-order valence-corrected chi connectivity index (χ0v) is 21.6. The molecule has 0 unspecified atom stereocenters. The lowest BCUT2D eigenvalue weighted by atomic mass is 10.1. The van der Waals surface area contributed by atoms with Gasteiger partial charge in [-0.15, -0.1) is 21.5 Å². The van der Waals surface area contributed by atoms with Gasteiger partial charge in [-0.1, -0.05) is 35.5 Å². The summed E-state index contributed by atoms with van der Waals surface area (Å²) in [5.74, 6) is 1.33. The Morgan fingerprint density at radius 3 is 2.74 bits per heavy atom. The van der Waals surface area contributed by atoms with Gasteiger partial charge in [-0.3, -0.25) is 4.79 Å². The molecule has 1 amide bonds. The molecule has 0 atom stereocenters. The molecule has 0 aliphatic heterocycles. The lowest BCUT2D eigenvalue weighted by Gasteiger charge is -2.11. The van der Waals surface area contributed by atoms with Crippen LogP contribution in [0.25, 0.3) is 22.6 Å². The minimum absolute atomic E-state index is 0.154. The number of nitrogens with one attached hydrogen (secondary N) is 1. The molecule has 4 rings (SSSR count).